The lowest BCUT2D eigenvalue weighted by atomic mass is 9.83. The molecule has 2 nitrogen and oxygen atoms in total. The molecule has 1 unspecified atom stereocenters. The first kappa shape index (κ1) is 9.47. The van der Waals surface area contributed by atoms with Crippen LogP contribution < -0.4 is 5.73 Å². The average Bonchev–Trinajstić information content (AvgIpc) is 2.85. The van der Waals surface area contributed by atoms with E-state index in [0.29, 0.717) is 5.92 Å². The van der Waals surface area contributed by atoms with Crippen LogP contribution in [0.15, 0.2) is 0 Å². The van der Waals surface area contributed by atoms with Gasteiger partial charge in [-0.3, -0.25) is 0 Å². The fourth-order valence-corrected chi connectivity index (χ4v) is 2.47. The predicted octanol–water partition coefficient (Wildman–Crippen LogP) is 1.81. The lowest BCUT2D eigenvalue weighted by molar-refractivity contribution is 0.0688. The molecule has 2 fully saturated rings. The molecule has 76 valence electrons. The van der Waals surface area contributed by atoms with E-state index in [2.05, 4.69) is 0 Å². The van der Waals surface area contributed by atoms with Gasteiger partial charge in [0.15, 0.2) is 0 Å². The maximum atomic E-state index is 9.97. The highest BCUT2D eigenvalue weighted by atomic mass is 16.3. The Morgan fingerprint density at radius 2 is 1.85 bits per heavy atom. The van der Waals surface area contributed by atoms with Crippen molar-refractivity contribution in [2.24, 2.45) is 11.7 Å². The molecule has 0 bridgehead atoms. The third-order valence-electron chi connectivity index (χ3n) is 3.70. The Hall–Kier alpha value is -0.0800. The van der Waals surface area contributed by atoms with Gasteiger partial charge in [-0.25, -0.2) is 0 Å². The molecular formula is C11H21NO. The number of aliphatic hydroxyl groups is 1. The van der Waals surface area contributed by atoms with Crippen LogP contribution in [0.1, 0.15) is 51.4 Å². The Kier molecular flexibility index (Phi) is 2.61. The van der Waals surface area contributed by atoms with E-state index in [1.54, 1.807) is 0 Å². The van der Waals surface area contributed by atoms with E-state index in [1.165, 1.54) is 32.1 Å². The van der Waals surface area contributed by atoms with E-state index in [9.17, 15) is 5.11 Å². The quantitative estimate of drug-likeness (QED) is 0.701. The van der Waals surface area contributed by atoms with E-state index in [4.69, 9.17) is 5.73 Å². The zero-order valence-corrected chi connectivity index (χ0v) is 8.34. The van der Waals surface area contributed by atoms with Crippen LogP contribution in [0, 0.1) is 5.92 Å². The maximum Gasteiger partial charge on any atom is 0.0585 e. The molecule has 3 N–H and O–H groups in total. The number of hydrogen-bond acceptors (Lipinski definition) is 2. The second-order valence-corrected chi connectivity index (χ2v) is 5.03. The molecule has 0 radical (unpaired) electrons. The first-order chi connectivity index (χ1) is 6.20. The fraction of sp³-hybridized carbons (Fsp3) is 1.00. The van der Waals surface area contributed by atoms with Crippen LogP contribution in [-0.2, 0) is 0 Å². The molecule has 0 heterocycles. The van der Waals surface area contributed by atoms with Crippen molar-refractivity contribution in [1.82, 2.24) is 0 Å². The van der Waals surface area contributed by atoms with Crippen LogP contribution in [-0.4, -0.2) is 16.7 Å². The van der Waals surface area contributed by atoms with Crippen LogP contribution in [0.2, 0.25) is 0 Å². The molecule has 1 atom stereocenters. The van der Waals surface area contributed by atoms with Crippen LogP contribution in [0.3, 0.4) is 0 Å². The minimum absolute atomic E-state index is 0.0247. The molecule has 2 aliphatic rings. The second kappa shape index (κ2) is 3.58. The summed E-state index contributed by atoms with van der Waals surface area (Å²) in [6, 6.07) is 0. The van der Waals surface area contributed by atoms with Gasteiger partial charge in [-0.2, -0.15) is 0 Å². The summed E-state index contributed by atoms with van der Waals surface area (Å²) in [6.07, 6.45) is 9.38. The zero-order chi connectivity index (χ0) is 9.31. The summed E-state index contributed by atoms with van der Waals surface area (Å²) >= 11 is 0. The minimum Gasteiger partial charge on any atom is -0.393 e. The van der Waals surface area contributed by atoms with Crippen LogP contribution in [0.25, 0.3) is 0 Å². The van der Waals surface area contributed by atoms with Gasteiger partial charge in [0.1, 0.15) is 0 Å². The summed E-state index contributed by atoms with van der Waals surface area (Å²) in [6.45, 7) is 0. The highest BCUT2D eigenvalue weighted by Gasteiger charge is 2.41. The number of aliphatic hydroxyl groups excluding tert-OH is 1. The van der Waals surface area contributed by atoms with Crippen molar-refractivity contribution in [3.63, 3.8) is 0 Å². The second-order valence-electron chi connectivity index (χ2n) is 5.03. The van der Waals surface area contributed by atoms with E-state index in [0.717, 1.165) is 19.3 Å². The number of nitrogens with two attached hydrogens (primary N) is 1. The van der Waals surface area contributed by atoms with Crippen molar-refractivity contribution in [3.8, 4) is 0 Å². The molecule has 0 aromatic carbocycles. The van der Waals surface area contributed by atoms with Gasteiger partial charge in [-0.15, -0.1) is 0 Å². The molecule has 0 aromatic heterocycles. The lowest BCUT2D eigenvalue weighted by Gasteiger charge is -2.28. The van der Waals surface area contributed by atoms with E-state index in [-0.39, 0.29) is 11.6 Å². The van der Waals surface area contributed by atoms with E-state index in [1.807, 2.05) is 0 Å². The normalized spacial score (nSPS) is 30.0. The SMILES string of the molecule is NC1(CC(O)C2CCCCC2)CC1. The van der Waals surface area contributed by atoms with Crippen molar-refractivity contribution >= 4 is 0 Å². The number of rotatable bonds is 3. The smallest absolute Gasteiger partial charge is 0.0585 e. The Balaban J connectivity index is 1.77. The highest BCUT2D eigenvalue weighted by molar-refractivity contribution is 5.00. The molecule has 0 spiro atoms. The standard InChI is InChI=1S/C11H21NO/c12-11(6-7-11)8-10(13)9-4-2-1-3-5-9/h9-10,13H,1-8,12H2. The molecular weight excluding hydrogens is 162 g/mol. The molecule has 0 saturated heterocycles. The maximum absolute atomic E-state index is 9.97. The van der Waals surface area contributed by atoms with E-state index < -0.39 is 0 Å². The van der Waals surface area contributed by atoms with Gasteiger partial charge in [-0.05, 0) is 38.0 Å². The summed E-state index contributed by atoms with van der Waals surface area (Å²) in [5.41, 5.74) is 6.02. The average molecular weight is 183 g/mol. The molecule has 2 saturated carbocycles. The van der Waals surface area contributed by atoms with Crippen molar-refractivity contribution < 1.29 is 5.11 Å². The van der Waals surface area contributed by atoms with Gasteiger partial charge in [0.05, 0.1) is 6.10 Å². The van der Waals surface area contributed by atoms with Crippen molar-refractivity contribution in [2.75, 3.05) is 0 Å². The first-order valence-electron chi connectivity index (χ1n) is 5.67. The molecule has 0 amide bonds. The topological polar surface area (TPSA) is 46.2 Å². The highest BCUT2D eigenvalue weighted by Crippen LogP contribution is 2.39. The third kappa shape index (κ3) is 2.44. The largest absolute Gasteiger partial charge is 0.393 e. The first-order valence-corrected chi connectivity index (χ1v) is 5.67. The fourth-order valence-electron chi connectivity index (χ4n) is 2.47. The van der Waals surface area contributed by atoms with Crippen molar-refractivity contribution in [2.45, 2.75) is 63.0 Å². The van der Waals surface area contributed by atoms with Gasteiger partial charge in [0.2, 0.25) is 0 Å². The molecule has 2 heteroatoms. The molecule has 2 aliphatic carbocycles. The third-order valence-corrected chi connectivity index (χ3v) is 3.70. The Morgan fingerprint density at radius 3 is 2.38 bits per heavy atom. The minimum atomic E-state index is -0.118. The summed E-state index contributed by atoms with van der Waals surface area (Å²) in [4.78, 5) is 0. The lowest BCUT2D eigenvalue weighted by Crippen LogP contribution is -2.33. The van der Waals surface area contributed by atoms with Crippen LogP contribution >= 0.6 is 0 Å². The van der Waals surface area contributed by atoms with Crippen LogP contribution in [0.5, 0.6) is 0 Å². The molecule has 13 heavy (non-hydrogen) atoms. The molecule has 0 aliphatic heterocycles. The summed E-state index contributed by atoms with van der Waals surface area (Å²) < 4.78 is 0. The van der Waals surface area contributed by atoms with Crippen molar-refractivity contribution in [1.29, 1.82) is 0 Å². The summed E-state index contributed by atoms with van der Waals surface area (Å²) in [7, 11) is 0. The predicted molar refractivity (Wildman–Crippen MR) is 53.4 cm³/mol. The van der Waals surface area contributed by atoms with Gasteiger partial charge in [0, 0.05) is 5.54 Å². The van der Waals surface area contributed by atoms with E-state index >= 15 is 0 Å². The van der Waals surface area contributed by atoms with Gasteiger partial charge >= 0.3 is 0 Å². The summed E-state index contributed by atoms with van der Waals surface area (Å²) in [5, 5.41) is 9.97. The zero-order valence-electron chi connectivity index (χ0n) is 8.34. The summed E-state index contributed by atoms with van der Waals surface area (Å²) in [5.74, 6) is 0.551. The van der Waals surface area contributed by atoms with Gasteiger partial charge in [0.25, 0.3) is 0 Å². The molecule has 2 rings (SSSR count). The molecule has 0 aromatic rings. The van der Waals surface area contributed by atoms with Crippen LogP contribution in [0.4, 0.5) is 0 Å². The Labute approximate surface area is 80.5 Å². The van der Waals surface area contributed by atoms with Gasteiger partial charge < -0.3 is 10.8 Å². The Morgan fingerprint density at radius 1 is 1.23 bits per heavy atom. The Bertz CT molecular complexity index is 171. The van der Waals surface area contributed by atoms with Gasteiger partial charge in [-0.1, -0.05) is 19.3 Å². The monoisotopic (exact) mass is 183 g/mol. The van der Waals surface area contributed by atoms with Crippen molar-refractivity contribution in [3.05, 3.63) is 0 Å². The number of hydrogen-bond donors (Lipinski definition) is 2.